The van der Waals surface area contributed by atoms with Crippen molar-refractivity contribution in [3.05, 3.63) is 23.3 Å². The van der Waals surface area contributed by atoms with Crippen molar-refractivity contribution in [2.75, 3.05) is 5.73 Å². The van der Waals surface area contributed by atoms with Gasteiger partial charge in [0, 0.05) is 6.54 Å². The summed E-state index contributed by atoms with van der Waals surface area (Å²) in [7, 11) is 0. The number of aromatic nitrogens is 2. The van der Waals surface area contributed by atoms with Gasteiger partial charge in [-0.1, -0.05) is 6.92 Å². The average Bonchev–Trinajstić information content (AvgIpc) is 3.05. The molecule has 18 heavy (non-hydrogen) atoms. The lowest BCUT2D eigenvalue weighted by atomic mass is 10.0. The standard InChI is InChI=1S/C15H21N3/c1-4-15(5-6-15)9-18-13-8-11(3)10(2)7-12(13)17-14(18)16/h7-8H,4-6,9H2,1-3H3,(H2,16,17). The summed E-state index contributed by atoms with van der Waals surface area (Å²) < 4.78 is 2.21. The van der Waals surface area contributed by atoms with Gasteiger partial charge in [0.15, 0.2) is 0 Å². The molecule has 3 nitrogen and oxygen atoms in total. The summed E-state index contributed by atoms with van der Waals surface area (Å²) in [6, 6.07) is 4.36. The number of hydrogen-bond donors (Lipinski definition) is 1. The summed E-state index contributed by atoms with van der Waals surface area (Å²) in [5.74, 6) is 0.662. The summed E-state index contributed by atoms with van der Waals surface area (Å²) in [6.45, 7) is 7.57. The molecule has 1 aliphatic carbocycles. The largest absolute Gasteiger partial charge is 0.369 e. The number of imidazole rings is 1. The van der Waals surface area contributed by atoms with E-state index in [1.807, 2.05) is 0 Å². The molecular formula is C15H21N3. The van der Waals surface area contributed by atoms with Crippen molar-refractivity contribution in [1.82, 2.24) is 9.55 Å². The number of nitrogens with zero attached hydrogens (tertiary/aromatic N) is 2. The summed E-state index contributed by atoms with van der Waals surface area (Å²) in [6.07, 6.45) is 3.89. The number of hydrogen-bond acceptors (Lipinski definition) is 2. The minimum atomic E-state index is 0.487. The maximum Gasteiger partial charge on any atom is 0.201 e. The van der Waals surface area contributed by atoms with Gasteiger partial charge in [-0.3, -0.25) is 0 Å². The Bertz CT molecular complexity index is 606. The molecule has 1 aliphatic rings. The van der Waals surface area contributed by atoms with Gasteiger partial charge in [-0.15, -0.1) is 0 Å². The smallest absolute Gasteiger partial charge is 0.201 e. The van der Waals surface area contributed by atoms with E-state index in [1.165, 1.54) is 35.9 Å². The van der Waals surface area contributed by atoms with Crippen molar-refractivity contribution in [3.63, 3.8) is 0 Å². The highest BCUT2D eigenvalue weighted by Crippen LogP contribution is 2.50. The number of benzene rings is 1. The van der Waals surface area contributed by atoms with Gasteiger partial charge in [0.25, 0.3) is 0 Å². The predicted molar refractivity (Wildman–Crippen MR) is 75.6 cm³/mol. The van der Waals surface area contributed by atoms with Crippen LogP contribution < -0.4 is 5.73 Å². The summed E-state index contributed by atoms with van der Waals surface area (Å²) >= 11 is 0. The quantitative estimate of drug-likeness (QED) is 0.897. The van der Waals surface area contributed by atoms with E-state index in [1.54, 1.807) is 0 Å². The summed E-state index contributed by atoms with van der Waals surface area (Å²) in [5.41, 5.74) is 11.4. The van der Waals surface area contributed by atoms with Gasteiger partial charge >= 0.3 is 0 Å². The van der Waals surface area contributed by atoms with Crippen molar-refractivity contribution >= 4 is 17.0 Å². The highest BCUT2D eigenvalue weighted by molar-refractivity contribution is 5.80. The number of anilines is 1. The van der Waals surface area contributed by atoms with Crippen LogP contribution in [0, 0.1) is 19.3 Å². The fourth-order valence-electron chi connectivity index (χ4n) is 2.70. The third kappa shape index (κ3) is 1.69. The van der Waals surface area contributed by atoms with E-state index in [-0.39, 0.29) is 0 Å². The molecule has 0 saturated heterocycles. The van der Waals surface area contributed by atoms with E-state index in [9.17, 15) is 0 Å². The van der Waals surface area contributed by atoms with Crippen LogP contribution in [0.1, 0.15) is 37.3 Å². The highest BCUT2D eigenvalue weighted by atomic mass is 15.2. The number of fused-ring (bicyclic) bond motifs is 1. The van der Waals surface area contributed by atoms with E-state index >= 15 is 0 Å². The van der Waals surface area contributed by atoms with Crippen LogP contribution in [-0.2, 0) is 6.54 Å². The zero-order valence-corrected chi connectivity index (χ0v) is 11.5. The molecule has 1 heterocycles. The second-order valence-electron chi connectivity index (χ2n) is 5.83. The Morgan fingerprint density at radius 1 is 1.28 bits per heavy atom. The van der Waals surface area contributed by atoms with Crippen LogP contribution in [0.5, 0.6) is 0 Å². The van der Waals surface area contributed by atoms with Gasteiger partial charge in [-0.25, -0.2) is 4.98 Å². The third-order valence-corrected chi connectivity index (χ3v) is 4.59. The number of rotatable bonds is 3. The normalized spacial score (nSPS) is 17.3. The SMILES string of the molecule is CCC1(Cn2c(N)nc3cc(C)c(C)cc32)CC1. The zero-order chi connectivity index (χ0) is 12.9. The van der Waals surface area contributed by atoms with Crippen molar-refractivity contribution < 1.29 is 0 Å². The molecule has 2 N–H and O–H groups in total. The van der Waals surface area contributed by atoms with Crippen molar-refractivity contribution in [3.8, 4) is 0 Å². The van der Waals surface area contributed by atoms with Crippen LogP contribution in [0.2, 0.25) is 0 Å². The fraction of sp³-hybridized carbons (Fsp3) is 0.533. The third-order valence-electron chi connectivity index (χ3n) is 4.59. The molecule has 2 aromatic rings. The fourth-order valence-corrected chi connectivity index (χ4v) is 2.70. The molecule has 0 amide bonds. The molecule has 0 atom stereocenters. The molecular weight excluding hydrogens is 222 g/mol. The van der Waals surface area contributed by atoms with E-state index in [2.05, 4.69) is 42.5 Å². The van der Waals surface area contributed by atoms with Gasteiger partial charge < -0.3 is 10.3 Å². The Balaban J connectivity index is 2.10. The molecule has 1 aromatic carbocycles. The molecule has 96 valence electrons. The van der Waals surface area contributed by atoms with Gasteiger partial charge in [-0.05, 0) is 61.8 Å². The first-order chi connectivity index (χ1) is 8.54. The predicted octanol–water partition coefficient (Wildman–Crippen LogP) is 3.43. The van der Waals surface area contributed by atoms with Crippen LogP contribution >= 0.6 is 0 Å². The number of nitrogen functional groups attached to an aromatic ring is 1. The first-order valence-electron chi connectivity index (χ1n) is 6.78. The lowest BCUT2D eigenvalue weighted by Crippen LogP contribution is -2.13. The molecule has 3 heteroatoms. The van der Waals surface area contributed by atoms with E-state index in [0.29, 0.717) is 11.4 Å². The number of nitrogens with two attached hydrogens (primary N) is 1. The first-order valence-corrected chi connectivity index (χ1v) is 6.78. The molecule has 1 saturated carbocycles. The average molecular weight is 243 g/mol. The van der Waals surface area contributed by atoms with Crippen LogP contribution in [0.4, 0.5) is 5.95 Å². The second kappa shape index (κ2) is 3.74. The topological polar surface area (TPSA) is 43.8 Å². The second-order valence-corrected chi connectivity index (χ2v) is 5.83. The lowest BCUT2D eigenvalue weighted by molar-refractivity contribution is 0.418. The first kappa shape index (κ1) is 11.6. The van der Waals surface area contributed by atoms with Gasteiger partial charge in [0.05, 0.1) is 11.0 Å². The summed E-state index contributed by atoms with van der Waals surface area (Å²) in [4.78, 5) is 4.50. The molecule has 0 spiro atoms. The Morgan fingerprint density at radius 2 is 1.94 bits per heavy atom. The van der Waals surface area contributed by atoms with Crippen LogP contribution in [-0.4, -0.2) is 9.55 Å². The Kier molecular flexibility index (Phi) is 2.40. The Labute approximate surface area is 108 Å². The van der Waals surface area contributed by atoms with Gasteiger partial charge in [-0.2, -0.15) is 0 Å². The lowest BCUT2D eigenvalue weighted by Gasteiger charge is -2.15. The van der Waals surface area contributed by atoms with E-state index in [4.69, 9.17) is 5.73 Å². The van der Waals surface area contributed by atoms with Crippen molar-refractivity contribution in [1.29, 1.82) is 0 Å². The van der Waals surface area contributed by atoms with Crippen molar-refractivity contribution in [2.45, 2.75) is 46.6 Å². The Morgan fingerprint density at radius 3 is 2.56 bits per heavy atom. The van der Waals surface area contributed by atoms with Gasteiger partial charge in [0.1, 0.15) is 0 Å². The number of aryl methyl sites for hydroxylation is 2. The van der Waals surface area contributed by atoms with Crippen LogP contribution in [0.3, 0.4) is 0 Å². The molecule has 0 bridgehead atoms. The van der Waals surface area contributed by atoms with Crippen LogP contribution in [0.25, 0.3) is 11.0 Å². The Hall–Kier alpha value is -1.51. The maximum absolute atomic E-state index is 6.09. The molecule has 0 radical (unpaired) electrons. The minimum Gasteiger partial charge on any atom is -0.369 e. The minimum absolute atomic E-state index is 0.487. The monoisotopic (exact) mass is 243 g/mol. The maximum atomic E-state index is 6.09. The zero-order valence-electron chi connectivity index (χ0n) is 11.5. The highest BCUT2D eigenvalue weighted by Gasteiger charge is 2.41. The van der Waals surface area contributed by atoms with Gasteiger partial charge in [0.2, 0.25) is 5.95 Å². The van der Waals surface area contributed by atoms with Crippen molar-refractivity contribution in [2.24, 2.45) is 5.41 Å². The molecule has 1 aromatic heterocycles. The molecule has 3 rings (SSSR count). The molecule has 0 aliphatic heterocycles. The molecule has 0 unspecified atom stereocenters. The summed E-state index contributed by atoms with van der Waals surface area (Å²) in [5, 5.41) is 0. The molecule has 1 fully saturated rings. The van der Waals surface area contributed by atoms with E-state index < -0.39 is 0 Å². The van der Waals surface area contributed by atoms with E-state index in [0.717, 1.165) is 12.1 Å². The van der Waals surface area contributed by atoms with Crippen LogP contribution in [0.15, 0.2) is 12.1 Å².